The van der Waals surface area contributed by atoms with Crippen LogP contribution in [0.3, 0.4) is 0 Å². The highest BCUT2D eigenvalue weighted by atomic mass is 35.5. The number of fused-ring (bicyclic) bond motifs is 1. The van der Waals surface area contributed by atoms with Crippen molar-refractivity contribution in [2.45, 2.75) is 17.1 Å². The van der Waals surface area contributed by atoms with Gasteiger partial charge in [0.05, 0.1) is 11.3 Å². The van der Waals surface area contributed by atoms with E-state index in [-0.39, 0.29) is 9.77 Å². The molecule has 1 aromatic heterocycles. The number of carbonyl (C=O) groups is 1. The number of anilines is 1. The van der Waals surface area contributed by atoms with Gasteiger partial charge in [-0.25, -0.2) is 13.2 Å². The number of sulfonamides is 1. The second-order valence-corrected chi connectivity index (χ2v) is 8.35. The first-order valence-corrected chi connectivity index (χ1v) is 9.22. The zero-order valence-corrected chi connectivity index (χ0v) is 13.7. The van der Waals surface area contributed by atoms with Crippen molar-refractivity contribution < 1.29 is 18.3 Å². The van der Waals surface area contributed by atoms with Crippen LogP contribution in [-0.4, -0.2) is 26.0 Å². The van der Waals surface area contributed by atoms with Crippen LogP contribution in [0.1, 0.15) is 22.3 Å². The normalized spacial score (nSPS) is 14.7. The zero-order chi connectivity index (χ0) is 15.9. The first kappa shape index (κ1) is 15.3. The SMILES string of the molecule is O=C(O)c1csc(S(=O)(=O)N2CCCc3cc(Cl)ccc32)c1. The monoisotopic (exact) mass is 357 g/mol. The van der Waals surface area contributed by atoms with Crippen LogP contribution in [0.2, 0.25) is 5.02 Å². The highest BCUT2D eigenvalue weighted by Crippen LogP contribution is 2.35. The smallest absolute Gasteiger partial charge is 0.336 e. The fourth-order valence-corrected chi connectivity index (χ4v) is 5.46. The lowest BCUT2D eigenvalue weighted by molar-refractivity contribution is 0.0697. The Labute approximate surface area is 136 Å². The van der Waals surface area contributed by atoms with Crippen molar-refractivity contribution in [1.82, 2.24) is 0 Å². The van der Waals surface area contributed by atoms with Crippen LogP contribution in [0.25, 0.3) is 0 Å². The van der Waals surface area contributed by atoms with Crippen molar-refractivity contribution in [3.8, 4) is 0 Å². The third kappa shape index (κ3) is 2.60. The predicted molar refractivity (Wildman–Crippen MR) is 85.6 cm³/mol. The van der Waals surface area contributed by atoms with Gasteiger partial charge in [-0.1, -0.05) is 11.6 Å². The molecule has 0 radical (unpaired) electrons. The highest BCUT2D eigenvalue weighted by Gasteiger charge is 2.30. The van der Waals surface area contributed by atoms with Crippen molar-refractivity contribution in [3.63, 3.8) is 0 Å². The third-order valence-electron chi connectivity index (χ3n) is 3.48. The largest absolute Gasteiger partial charge is 0.478 e. The Kier molecular flexibility index (Phi) is 3.88. The Morgan fingerprint density at radius 2 is 2.09 bits per heavy atom. The molecule has 3 rings (SSSR count). The van der Waals surface area contributed by atoms with Crippen LogP contribution >= 0.6 is 22.9 Å². The summed E-state index contributed by atoms with van der Waals surface area (Å²) in [6, 6.07) is 6.33. The maximum atomic E-state index is 12.8. The van der Waals surface area contributed by atoms with Gasteiger partial charge < -0.3 is 5.11 Å². The molecule has 2 aromatic rings. The standard InChI is InChI=1S/C14H12ClNO4S2/c15-11-3-4-12-9(6-11)2-1-5-16(12)22(19,20)13-7-10(8-21-13)14(17)18/h3-4,6-8H,1-2,5H2,(H,17,18). The van der Waals surface area contributed by atoms with Gasteiger partial charge in [0.15, 0.2) is 0 Å². The number of hydrogen-bond donors (Lipinski definition) is 1. The van der Waals surface area contributed by atoms with Crippen molar-refractivity contribution in [2.24, 2.45) is 0 Å². The molecule has 0 atom stereocenters. The summed E-state index contributed by atoms with van der Waals surface area (Å²) in [5.74, 6) is -1.14. The fraction of sp³-hybridized carbons (Fsp3) is 0.214. The number of carboxylic acids is 1. The van der Waals surface area contributed by atoms with E-state index in [1.807, 2.05) is 0 Å². The molecule has 1 aromatic carbocycles. The number of halogens is 1. The molecule has 0 bridgehead atoms. The topological polar surface area (TPSA) is 74.7 Å². The van der Waals surface area contributed by atoms with Crippen LogP contribution in [0.5, 0.6) is 0 Å². The van der Waals surface area contributed by atoms with Gasteiger partial charge in [0.1, 0.15) is 4.21 Å². The predicted octanol–water partition coefficient (Wildman–Crippen LogP) is 3.24. The van der Waals surface area contributed by atoms with Crippen LogP contribution in [0.15, 0.2) is 33.9 Å². The number of aryl methyl sites for hydroxylation is 1. The Bertz CT molecular complexity index is 844. The van der Waals surface area contributed by atoms with E-state index in [0.29, 0.717) is 23.7 Å². The van der Waals surface area contributed by atoms with E-state index in [0.717, 1.165) is 23.3 Å². The minimum atomic E-state index is -3.76. The third-order valence-corrected chi connectivity index (χ3v) is 6.95. The Hall–Kier alpha value is -1.57. The number of hydrogen-bond acceptors (Lipinski definition) is 4. The first-order chi connectivity index (χ1) is 10.4. The van der Waals surface area contributed by atoms with Gasteiger partial charge >= 0.3 is 5.97 Å². The van der Waals surface area contributed by atoms with E-state index in [1.54, 1.807) is 18.2 Å². The van der Waals surface area contributed by atoms with Crippen molar-refractivity contribution in [3.05, 3.63) is 45.8 Å². The zero-order valence-electron chi connectivity index (χ0n) is 11.3. The Morgan fingerprint density at radius 3 is 2.77 bits per heavy atom. The second-order valence-electron chi connectivity index (χ2n) is 4.91. The lowest BCUT2D eigenvalue weighted by Crippen LogP contribution is -2.35. The molecule has 0 unspecified atom stereocenters. The van der Waals surface area contributed by atoms with Gasteiger partial charge in [0, 0.05) is 16.9 Å². The number of carboxylic acid groups (broad SMARTS) is 1. The molecular weight excluding hydrogens is 346 g/mol. The second kappa shape index (κ2) is 5.57. The Balaban J connectivity index is 2.05. The van der Waals surface area contributed by atoms with Crippen molar-refractivity contribution >= 4 is 44.6 Å². The molecular formula is C14H12ClNO4S2. The number of aromatic carboxylic acids is 1. The molecule has 2 heterocycles. The summed E-state index contributed by atoms with van der Waals surface area (Å²) in [4.78, 5) is 10.9. The number of rotatable bonds is 3. The number of nitrogens with zero attached hydrogens (tertiary/aromatic N) is 1. The minimum absolute atomic E-state index is 0.0167. The van der Waals surface area contributed by atoms with Gasteiger partial charge in [-0.15, -0.1) is 11.3 Å². The van der Waals surface area contributed by atoms with E-state index in [1.165, 1.54) is 15.8 Å². The molecule has 8 heteroatoms. The number of thiophene rings is 1. The van der Waals surface area contributed by atoms with Gasteiger partial charge in [-0.05, 0) is 42.7 Å². The summed E-state index contributed by atoms with van der Waals surface area (Å²) >= 11 is 6.88. The van der Waals surface area contributed by atoms with Crippen molar-refractivity contribution in [1.29, 1.82) is 0 Å². The van der Waals surface area contributed by atoms with E-state index in [9.17, 15) is 13.2 Å². The van der Waals surface area contributed by atoms with Gasteiger partial charge in [0.2, 0.25) is 0 Å². The van der Waals surface area contributed by atoms with Crippen LogP contribution in [0.4, 0.5) is 5.69 Å². The number of benzene rings is 1. The molecule has 1 aliphatic rings. The van der Waals surface area contributed by atoms with E-state index < -0.39 is 16.0 Å². The van der Waals surface area contributed by atoms with E-state index >= 15 is 0 Å². The summed E-state index contributed by atoms with van der Waals surface area (Å²) in [7, 11) is -3.76. The summed E-state index contributed by atoms with van der Waals surface area (Å²) in [5, 5.41) is 10.9. The molecule has 0 saturated carbocycles. The first-order valence-electron chi connectivity index (χ1n) is 6.52. The Morgan fingerprint density at radius 1 is 1.32 bits per heavy atom. The van der Waals surface area contributed by atoms with E-state index in [2.05, 4.69) is 0 Å². The highest BCUT2D eigenvalue weighted by molar-refractivity contribution is 7.94. The van der Waals surface area contributed by atoms with Gasteiger partial charge in [0.25, 0.3) is 10.0 Å². The molecule has 5 nitrogen and oxygen atoms in total. The van der Waals surface area contributed by atoms with Crippen molar-refractivity contribution in [2.75, 3.05) is 10.8 Å². The quantitative estimate of drug-likeness (QED) is 0.915. The lowest BCUT2D eigenvalue weighted by atomic mass is 10.0. The minimum Gasteiger partial charge on any atom is -0.478 e. The molecule has 0 spiro atoms. The van der Waals surface area contributed by atoms with Crippen LogP contribution in [-0.2, 0) is 16.4 Å². The molecule has 22 heavy (non-hydrogen) atoms. The van der Waals surface area contributed by atoms with E-state index in [4.69, 9.17) is 16.7 Å². The maximum absolute atomic E-state index is 12.8. The van der Waals surface area contributed by atoms with Gasteiger partial charge in [-0.3, -0.25) is 4.31 Å². The summed E-state index contributed by atoms with van der Waals surface area (Å²) in [6.07, 6.45) is 1.47. The molecule has 1 aliphatic heterocycles. The molecule has 116 valence electrons. The average Bonchev–Trinajstić information content (AvgIpc) is 2.97. The fourth-order valence-electron chi connectivity index (χ4n) is 2.45. The van der Waals surface area contributed by atoms with Gasteiger partial charge in [-0.2, -0.15) is 0 Å². The summed E-state index contributed by atoms with van der Waals surface area (Å²) in [5.41, 5.74) is 1.48. The molecule has 0 fully saturated rings. The van der Waals surface area contributed by atoms with Crippen LogP contribution in [0, 0.1) is 0 Å². The summed E-state index contributed by atoms with van der Waals surface area (Å²) in [6.45, 7) is 0.372. The molecule has 0 aliphatic carbocycles. The molecule has 1 N–H and O–H groups in total. The molecule has 0 saturated heterocycles. The average molecular weight is 358 g/mol. The molecule has 0 amide bonds. The lowest BCUT2D eigenvalue weighted by Gasteiger charge is -2.30. The maximum Gasteiger partial charge on any atom is 0.336 e. The van der Waals surface area contributed by atoms with Crippen LogP contribution < -0.4 is 4.31 Å². The summed E-state index contributed by atoms with van der Waals surface area (Å²) < 4.78 is 26.9.